The van der Waals surface area contributed by atoms with E-state index >= 15 is 0 Å². The molecule has 9 nitrogen and oxygen atoms in total. The number of nitrogens with zero attached hydrogens (tertiary/aromatic N) is 5. The SMILES string of the molecule is Cc1ccc(Nc2cc3ncn(-c4ccc(C(F)F)c(O[C@@H](C)C(F)F)n4)c3cc2OC2COC2)nn1. The molecule has 4 heterocycles. The largest absolute Gasteiger partial charge is 0.483 e. The van der Waals surface area contributed by atoms with E-state index in [0.717, 1.165) is 18.7 Å². The Balaban J connectivity index is 1.55. The molecule has 1 fully saturated rings. The maximum Gasteiger partial charge on any atom is 0.274 e. The molecule has 0 bridgehead atoms. The first-order valence-electron chi connectivity index (χ1n) is 11.4. The van der Waals surface area contributed by atoms with E-state index in [1.54, 1.807) is 18.2 Å². The summed E-state index contributed by atoms with van der Waals surface area (Å²) in [5.74, 6) is 0.558. The summed E-state index contributed by atoms with van der Waals surface area (Å²) in [6.45, 7) is 3.77. The molecule has 1 aliphatic heterocycles. The highest BCUT2D eigenvalue weighted by Gasteiger charge is 2.25. The van der Waals surface area contributed by atoms with Gasteiger partial charge in [0, 0.05) is 6.07 Å². The molecule has 1 aliphatic rings. The second-order valence-corrected chi connectivity index (χ2v) is 8.44. The van der Waals surface area contributed by atoms with E-state index in [2.05, 4.69) is 25.5 Å². The lowest BCUT2D eigenvalue weighted by atomic mass is 10.2. The van der Waals surface area contributed by atoms with Crippen molar-refractivity contribution in [2.24, 2.45) is 0 Å². The standard InChI is InChI=1S/C24H22F4N6O3/c1-12-3-5-20(33-32-12)30-17-7-16-18(8-19(17)37-14-9-35-10-14)34(11-29-16)21-6-4-15(23(27)28)24(31-21)36-13(2)22(25)26/h3-8,11,13-14,22-23H,9-10H2,1-2H3,(H,30,33)/t13-/m0/s1. The van der Waals surface area contributed by atoms with Crippen LogP contribution in [0.2, 0.25) is 0 Å². The second-order valence-electron chi connectivity index (χ2n) is 8.44. The van der Waals surface area contributed by atoms with Gasteiger partial charge in [0.2, 0.25) is 5.88 Å². The van der Waals surface area contributed by atoms with E-state index in [4.69, 9.17) is 14.2 Å². The summed E-state index contributed by atoms with van der Waals surface area (Å²) in [5.41, 5.74) is 1.84. The first-order valence-corrected chi connectivity index (χ1v) is 11.4. The Bertz CT molecular complexity index is 1400. The molecule has 0 radical (unpaired) electrons. The zero-order valence-electron chi connectivity index (χ0n) is 19.7. The Morgan fingerprint density at radius 3 is 2.54 bits per heavy atom. The van der Waals surface area contributed by atoms with Crippen molar-refractivity contribution in [3.05, 3.63) is 54.0 Å². The van der Waals surface area contributed by atoms with Crippen LogP contribution < -0.4 is 14.8 Å². The third-order valence-electron chi connectivity index (χ3n) is 5.62. The number of alkyl halides is 4. The lowest BCUT2D eigenvalue weighted by molar-refractivity contribution is -0.0793. The van der Waals surface area contributed by atoms with Gasteiger partial charge in [0.15, 0.2) is 11.9 Å². The predicted molar refractivity (Wildman–Crippen MR) is 125 cm³/mol. The molecule has 0 spiro atoms. The highest BCUT2D eigenvalue weighted by Crippen LogP contribution is 2.35. The number of hydrogen-bond donors (Lipinski definition) is 1. The van der Waals surface area contributed by atoms with Gasteiger partial charge in [-0.15, -0.1) is 5.10 Å². The molecule has 1 N–H and O–H groups in total. The van der Waals surface area contributed by atoms with Crippen molar-refractivity contribution >= 4 is 22.5 Å². The number of nitrogens with one attached hydrogen (secondary N) is 1. The van der Waals surface area contributed by atoms with Gasteiger partial charge in [0.1, 0.15) is 24.0 Å². The van der Waals surface area contributed by atoms with Crippen LogP contribution in [0, 0.1) is 6.92 Å². The number of rotatable bonds is 9. The lowest BCUT2D eigenvalue weighted by Crippen LogP contribution is -2.38. The van der Waals surface area contributed by atoms with Gasteiger partial charge in [-0.2, -0.15) is 10.1 Å². The maximum absolute atomic E-state index is 13.5. The zero-order chi connectivity index (χ0) is 26.1. The quantitative estimate of drug-likeness (QED) is 0.309. The summed E-state index contributed by atoms with van der Waals surface area (Å²) in [4.78, 5) is 8.52. The smallest absolute Gasteiger partial charge is 0.274 e. The lowest BCUT2D eigenvalue weighted by Gasteiger charge is -2.27. The minimum Gasteiger partial charge on any atom is -0.483 e. The highest BCUT2D eigenvalue weighted by atomic mass is 19.3. The van der Waals surface area contributed by atoms with Gasteiger partial charge in [-0.05, 0) is 44.2 Å². The fourth-order valence-corrected chi connectivity index (χ4v) is 3.54. The number of halogens is 4. The Kier molecular flexibility index (Phi) is 6.78. The van der Waals surface area contributed by atoms with E-state index < -0.39 is 30.4 Å². The molecule has 194 valence electrons. The van der Waals surface area contributed by atoms with Crippen molar-refractivity contribution < 1.29 is 31.8 Å². The number of ether oxygens (including phenoxy) is 3. The van der Waals surface area contributed by atoms with Crippen LogP contribution in [0.1, 0.15) is 24.6 Å². The second kappa shape index (κ2) is 10.2. The van der Waals surface area contributed by atoms with E-state index in [9.17, 15) is 17.6 Å². The van der Waals surface area contributed by atoms with Crippen LogP contribution in [0.25, 0.3) is 16.9 Å². The first-order chi connectivity index (χ1) is 17.8. The number of aryl methyl sites for hydroxylation is 1. The molecule has 13 heteroatoms. The molecule has 4 aromatic rings. The molecule has 0 saturated carbocycles. The summed E-state index contributed by atoms with van der Waals surface area (Å²) in [6, 6.07) is 9.49. The van der Waals surface area contributed by atoms with Crippen LogP contribution in [0.5, 0.6) is 11.6 Å². The number of anilines is 2. The molecule has 37 heavy (non-hydrogen) atoms. The molecule has 1 atom stereocenters. The first kappa shape index (κ1) is 24.7. The third kappa shape index (κ3) is 5.26. The highest BCUT2D eigenvalue weighted by molar-refractivity contribution is 5.86. The van der Waals surface area contributed by atoms with Crippen molar-refractivity contribution in [2.75, 3.05) is 18.5 Å². The monoisotopic (exact) mass is 518 g/mol. The van der Waals surface area contributed by atoms with Crippen LogP contribution >= 0.6 is 0 Å². The van der Waals surface area contributed by atoms with E-state index in [-0.39, 0.29) is 11.9 Å². The van der Waals surface area contributed by atoms with Crippen LogP contribution in [0.3, 0.4) is 0 Å². The Labute approximate surface area is 208 Å². The van der Waals surface area contributed by atoms with Crippen molar-refractivity contribution in [1.29, 1.82) is 0 Å². The van der Waals surface area contributed by atoms with Gasteiger partial charge in [-0.3, -0.25) is 4.57 Å². The van der Waals surface area contributed by atoms with Crippen molar-refractivity contribution in [1.82, 2.24) is 24.7 Å². The van der Waals surface area contributed by atoms with Gasteiger partial charge >= 0.3 is 0 Å². The third-order valence-corrected chi connectivity index (χ3v) is 5.62. The van der Waals surface area contributed by atoms with Crippen molar-refractivity contribution in [3.8, 4) is 17.4 Å². The predicted octanol–water partition coefficient (Wildman–Crippen LogP) is 5.01. The minimum absolute atomic E-state index is 0.155. The Morgan fingerprint density at radius 1 is 1.08 bits per heavy atom. The molecular formula is C24H22F4N6O3. The van der Waals surface area contributed by atoms with Crippen LogP contribution in [0.4, 0.5) is 29.1 Å². The zero-order valence-corrected chi connectivity index (χ0v) is 19.7. The van der Waals surface area contributed by atoms with Crippen LogP contribution in [-0.4, -0.2) is 56.6 Å². The summed E-state index contributed by atoms with van der Waals surface area (Å²) in [5, 5.41) is 11.3. The molecule has 1 aromatic carbocycles. The molecule has 0 aliphatic carbocycles. The fraction of sp³-hybridized carbons (Fsp3) is 0.333. The maximum atomic E-state index is 13.5. The Morgan fingerprint density at radius 2 is 1.89 bits per heavy atom. The number of fused-ring (bicyclic) bond motifs is 1. The number of benzene rings is 1. The minimum atomic E-state index is -2.95. The van der Waals surface area contributed by atoms with Crippen LogP contribution in [0.15, 0.2) is 42.7 Å². The summed E-state index contributed by atoms with van der Waals surface area (Å²) < 4.78 is 71.0. The molecule has 5 rings (SSSR count). The normalized spacial score (nSPS) is 14.7. The number of pyridine rings is 1. The number of hydrogen-bond acceptors (Lipinski definition) is 8. The fourth-order valence-electron chi connectivity index (χ4n) is 3.54. The molecule has 1 saturated heterocycles. The number of aromatic nitrogens is 5. The van der Waals surface area contributed by atoms with Gasteiger partial charge in [0.25, 0.3) is 12.9 Å². The molecule has 3 aromatic heterocycles. The average molecular weight is 518 g/mol. The summed E-state index contributed by atoms with van der Waals surface area (Å²) >= 11 is 0. The average Bonchev–Trinajstić information content (AvgIpc) is 3.25. The Hall–Kier alpha value is -4.00. The number of imidazole rings is 1. The van der Waals surface area contributed by atoms with Gasteiger partial charge in [-0.1, -0.05) is 0 Å². The topological polar surface area (TPSA) is 96.2 Å². The van der Waals surface area contributed by atoms with Crippen molar-refractivity contribution in [2.45, 2.75) is 38.9 Å². The van der Waals surface area contributed by atoms with E-state index in [0.29, 0.717) is 41.5 Å². The van der Waals surface area contributed by atoms with Gasteiger partial charge < -0.3 is 19.5 Å². The van der Waals surface area contributed by atoms with Gasteiger partial charge in [-0.25, -0.2) is 22.5 Å². The van der Waals surface area contributed by atoms with Crippen LogP contribution in [-0.2, 0) is 4.74 Å². The molecule has 0 unspecified atom stereocenters. The molecule has 0 amide bonds. The molecular weight excluding hydrogens is 496 g/mol. The van der Waals surface area contributed by atoms with E-state index in [1.807, 2.05) is 13.0 Å². The van der Waals surface area contributed by atoms with E-state index in [1.165, 1.54) is 17.0 Å². The summed E-state index contributed by atoms with van der Waals surface area (Å²) in [6.07, 6.45) is -6.16. The summed E-state index contributed by atoms with van der Waals surface area (Å²) in [7, 11) is 0. The van der Waals surface area contributed by atoms with Crippen molar-refractivity contribution in [3.63, 3.8) is 0 Å². The van der Waals surface area contributed by atoms with Gasteiger partial charge in [0.05, 0.1) is 41.2 Å².